The van der Waals surface area contributed by atoms with Crippen LogP contribution < -0.4 is 5.32 Å². The molecule has 0 saturated heterocycles. The summed E-state index contributed by atoms with van der Waals surface area (Å²) in [4.78, 5) is 12.4. The van der Waals surface area contributed by atoms with Crippen LogP contribution in [0.2, 0.25) is 0 Å². The molecule has 4 saturated carbocycles. The highest BCUT2D eigenvalue weighted by atomic mass is 16.3. The fourth-order valence-corrected chi connectivity index (χ4v) is 6.30. The van der Waals surface area contributed by atoms with Crippen LogP contribution >= 0.6 is 0 Å². The molecule has 3 nitrogen and oxygen atoms in total. The van der Waals surface area contributed by atoms with Crippen LogP contribution in [-0.4, -0.2) is 11.4 Å². The van der Waals surface area contributed by atoms with Gasteiger partial charge in [-0.15, -0.1) is 0 Å². The summed E-state index contributed by atoms with van der Waals surface area (Å²) in [5, 5.41) is 3.34. The Morgan fingerprint density at radius 1 is 1.20 bits per heavy atom. The zero-order valence-corrected chi connectivity index (χ0v) is 12.4. The molecule has 0 spiro atoms. The van der Waals surface area contributed by atoms with E-state index in [0.717, 1.165) is 25.2 Å². The molecule has 1 amide bonds. The number of furan rings is 1. The lowest BCUT2D eigenvalue weighted by atomic mass is 9.43. The SMILES string of the molecule is CC12CC3CC(C)(C1)CC(NC(=O)c1ccco1)(C3)C2. The van der Waals surface area contributed by atoms with Crippen LogP contribution in [0.15, 0.2) is 22.8 Å². The number of carbonyl (C=O) groups is 1. The molecule has 4 fully saturated rings. The van der Waals surface area contributed by atoms with E-state index in [1.54, 1.807) is 18.4 Å². The van der Waals surface area contributed by atoms with E-state index in [1.807, 2.05) is 0 Å². The molecule has 0 aliphatic heterocycles. The topological polar surface area (TPSA) is 42.2 Å². The van der Waals surface area contributed by atoms with Gasteiger partial charge in [0.1, 0.15) is 0 Å². The largest absolute Gasteiger partial charge is 0.459 e. The van der Waals surface area contributed by atoms with Crippen LogP contribution in [0.5, 0.6) is 0 Å². The third-order valence-electron chi connectivity index (χ3n) is 5.75. The third-order valence-corrected chi connectivity index (χ3v) is 5.75. The minimum atomic E-state index is -0.0378. The number of carbonyl (C=O) groups excluding carboxylic acids is 1. The van der Waals surface area contributed by atoms with Crippen LogP contribution in [-0.2, 0) is 0 Å². The van der Waals surface area contributed by atoms with Gasteiger partial charge in [-0.3, -0.25) is 4.79 Å². The lowest BCUT2D eigenvalue weighted by Crippen LogP contribution is -2.65. The van der Waals surface area contributed by atoms with E-state index in [2.05, 4.69) is 19.2 Å². The summed E-state index contributed by atoms with van der Waals surface area (Å²) in [6.07, 6.45) is 9.02. The van der Waals surface area contributed by atoms with Gasteiger partial charge in [-0.2, -0.15) is 0 Å². The molecule has 20 heavy (non-hydrogen) atoms. The third kappa shape index (κ3) is 1.82. The van der Waals surface area contributed by atoms with E-state index in [1.165, 1.54) is 19.3 Å². The lowest BCUT2D eigenvalue weighted by Gasteiger charge is -2.65. The van der Waals surface area contributed by atoms with Crippen LogP contribution in [0.4, 0.5) is 0 Å². The van der Waals surface area contributed by atoms with E-state index in [0.29, 0.717) is 16.6 Å². The smallest absolute Gasteiger partial charge is 0.287 e. The Balaban J connectivity index is 1.63. The Labute approximate surface area is 120 Å². The minimum absolute atomic E-state index is 0.00674. The summed E-state index contributed by atoms with van der Waals surface area (Å²) >= 11 is 0. The Kier molecular flexibility index (Phi) is 2.30. The summed E-state index contributed by atoms with van der Waals surface area (Å²) in [6, 6.07) is 3.52. The molecule has 1 aromatic heterocycles. The van der Waals surface area contributed by atoms with Gasteiger partial charge in [0, 0.05) is 5.54 Å². The van der Waals surface area contributed by atoms with Crippen molar-refractivity contribution in [2.24, 2.45) is 16.7 Å². The second-order valence-electron chi connectivity index (χ2n) is 8.34. The quantitative estimate of drug-likeness (QED) is 0.891. The van der Waals surface area contributed by atoms with Gasteiger partial charge < -0.3 is 9.73 Å². The average Bonchev–Trinajstić information content (AvgIpc) is 2.75. The Hall–Kier alpha value is -1.25. The Morgan fingerprint density at radius 2 is 1.90 bits per heavy atom. The van der Waals surface area contributed by atoms with Gasteiger partial charge in [0.05, 0.1) is 6.26 Å². The molecule has 5 rings (SSSR count). The molecule has 1 aromatic rings. The van der Waals surface area contributed by atoms with Crippen LogP contribution in [0.25, 0.3) is 0 Å². The minimum Gasteiger partial charge on any atom is -0.459 e. The second kappa shape index (κ2) is 3.69. The van der Waals surface area contributed by atoms with Gasteiger partial charge in [-0.25, -0.2) is 0 Å². The highest BCUT2D eigenvalue weighted by Gasteiger charge is 2.60. The van der Waals surface area contributed by atoms with Gasteiger partial charge >= 0.3 is 0 Å². The highest BCUT2D eigenvalue weighted by Crippen LogP contribution is 2.66. The molecule has 0 radical (unpaired) electrons. The van der Waals surface area contributed by atoms with Crippen LogP contribution in [0.1, 0.15) is 62.9 Å². The number of hydrogen-bond acceptors (Lipinski definition) is 2. The molecular weight excluding hydrogens is 250 g/mol. The van der Waals surface area contributed by atoms with Crippen LogP contribution in [0, 0.1) is 16.7 Å². The zero-order chi connectivity index (χ0) is 14.0. The number of nitrogens with one attached hydrogen (secondary N) is 1. The fourth-order valence-electron chi connectivity index (χ4n) is 6.30. The Morgan fingerprint density at radius 3 is 2.45 bits per heavy atom. The maximum absolute atomic E-state index is 12.4. The van der Waals surface area contributed by atoms with Crippen LogP contribution in [0.3, 0.4) is 0 Å². The normalized spacial score (nSPS) is 45.6. The van der Waals surface area contributed by atoms with Crippen molar-refractivity contribution in [3.8, 4) is 0 Å². The van der Waals surface area contributed by atoms with E-state index >= 15 is 0 Å². The maximum Gasteiger partial charge on any atom is 0.287 e. The van der Waals surface area contributed by atoms with Crippen molar-refractivity contribution in [1.29, 1.82) is 0 Å². The predicted octanol–water partition coefficient (Wildman–Crippen LogP) is 3.76. The zero-order valence-electron chi connectivity index (χ0n) is 12.4. The van der Waals surface area contributed by atoms with Crippen molar-refractivity contribution >= 4 is 5.91 Å². The predicted molar refractivity (Wildman–Crippen MR) is 76.3 cm³/mol. The summed E-state index contributed by atoms with van der Waals surface area (Å²) in [5.74, 6) is 1.19. The molecule has 2 unspecified atom stereocenters. The molecular formula is C17H23NO2. The molecule has 0 aromatic carbocycles. The summed E-state index contributed by atoms with van der Waals surface area (Å²) in [6.45, 7) is 4.84. The van der Waals surface area contributed by atoms with Crippen molar-refractivity contribution < 1.29 is 9.21 Å². The first-order valence-electron chi connectivity index (χ1n) is 7.76. The molecule has 4 bridgehead atoms. The molecule has 3 heteroatoms. The van der Waals surface area contributed by atoms with Gasteiger partial charge in [-0.05, 0) is 67.4 Å². The van der Waals surface area contributed by atoms with Crippen molar-refractivity contribution in [3.63, 3.8) is 0 Å². The van der Waals surface area contributed by atoms with Crippen molar-refractivity contribution in [3.05, 3.63) is 24.2 Å². The average molecular weight is 273 g/mol. The first kappa shape index (κ1) is 12.5. The van der Waals surface area contributed by atoms with Crippen molar-refractivity contribution in [1.82, 2.24) is 5.32 Å². The van der Waals surface area contributed by atoms with Crippen molar-refractivity contribution in [2.75, 3.05) is 0 Å². The highest BCUT2D eigenvalue weighted by molar-refractivity contribution is 5.92. The first-order valence-corrected chi connectivity index (χ1v) is 7.76. The van der Waals surface area contributed by atoms with E-state index in [-0.39, 0.29) is 11.4 Å². The Bertz CT molecular complexity index is 529. The summed E-state index contributed by atoms with van der Waals surface area (Å²) < 4.78 is 5.25. The van der Waals surface area contributed by atoms with Gasteiger partial charge in [0.2, 0.25) is 0 Å². The lowest BCUT2D eigenvalue weighted by molar-refractivity contribution is -0.114. The van der Waals surface area contributed by atoms with Gasteiger partial charge in [0.25, 0.3) is 5.91 Å². The molecule has 1 heterocycles. The van der Waals surface area contributed by atoms with E-state index in [9.17, 15) is 4.79 Å². The molecule has 1 N–H and O–H groups in total. The second-order valence-corrected chi connectivity index (χ2v) is 8.34. The number of rotatable bonds is 2. The molecule has 2 atom stereocenters. The standard InChI is InChI=1S/C17H23NO2/c1-15-6-12-7-16(2,9-15)11-17(8-12,10-15)18-14(19)13-4-3-5-20-13/h3-5,12H,6-11H2,1-2H3,(H,18,19). The summed E-state index contributed by atoms with van der Waals surface area (Å²) in [7, 11) is 0. The fraction of sp³-hybridized carbons (Fsp3) is 0.706. The van der Waals surface area contributed by atoms with E-state index in [4.69, 9.17) is 4.42 Å². The molecule has 4 aliphatic carbocycles. The summed E-state index contributed by atoms with van der Waals surface area (Å²) in [5.41, 5.74) is 0.849. The van der Waals surface area contributed by atoms with Gasteiger partial charge in [-0.1, -0.05) is 13.8 Å². The van der Waals surface area contributed by atoms with Gasteiger partial charge in [0.15, 0.2) is 5.76 Å². The van der Waals surface area contributed by atoms with E-state index < -0.39 is 0 Å². The molecule has 108 valence electrons. The number of hydrogen-bond donors (Lipinski definition) is 1. The van der Waals surface area contributed by atoms with Crippen molar-refractivity contribution in [2.45, 2.75) is 57.9 Å². The first-order chi connectivity index (χ1) is 9.40. The maximum atomic E-state index is 12.4. The number of amides is 1. The molecule has 4 aliphatic rings. The monoisotopic (exact) mass is 273 g/mol.